The van der Waals surface area contributed by atoms with E-state index in [-0.39, 0.29) is 30.7 Å². The second-order valence-electron chi connectivity index (χ2n) is 7.44. The van der Waals surface area contributed by atoms with Crippen LogP contribution >= 0.6 is 11.6 Å². The predicted molar refractivity (Wildman–Crippen MR) is 116 cm³/mol. The minimum atomic E-state index is -4.00. The largest absolute Gasteiger partial charge is 0.481 e. The van der Waals surface area contributed by atoms with Crippen molar-refractivity contribution in [3.05, 3.63) is 53.6 Å². The normalized spacial score (nSPS) is 20.6. The molecule has 0 saturated heterocycles. The lowest BCUT2D eigenvalue weighted by atomic mass is 9.96. The van der Waals surface area contributed by atoms with Crippen LogP contribution in [0, 0.1) is 0 Å². The Morgan fingerprint density at radius 2 is 1.69 bits per heavy atom. The van der Waals surface area contributed by atoms with E-state index in [0.717, 1.165) is 0 Å². The predicted octanol–water partition coefficient (Wildman–Crippen LogP) is 2.77. The number of sulfone groups is 1. The van der Waals surface area contributed by atoms with Crippen LogP contribution in [0.25, 0.3) is 0 Å². The maximum absolute atomic E-state index is 13.4. The van der Waals surface area contributed by atoms with Gasteiger partial charge in [0.1, 0.15) is 17.0 Å². The molecule has 0 aromatic heterocycles. The fourth-order valence-corrected chi connectivity index (χ4v) is 6.21. The molecule has 1 aliphatic rings. The van der Waals surface area contributed by atoms with Crippen LogP contribution in [0.4, 0.5) is 0 Å². The van der Waals surface area contributed by atoms with E-state index < -0.39 is 32.5 Å². The fraction of sp³-hybridized carbons (Fsp3) is 0.333. The summed E-state index contributed by atoms with van der Waals surface area (Å²) in [7, 11) is -4.00. The number of hydrogen-bond acceptors (Lipinski definition) is 7. The van der Waals surface area contributed by atoms with E-state index in [9.17, 15) is 23.2 Å². The molecular formula is C21H23ClN2O7S. The van der Waals surface area contributed by atoms with Gasteiger partial charge in [0, 0.05) is 11.6 Å². The zero-order valence-electron chi connectivity index (χ0n) is 17.0. The molecule has 4 N–H and O–H groups in total. The van der Waals surface area contributed by atoms with Crippen molar-refractivity contribution in [3.63, 3.8) is 0 Å². The van der Waals surface area contributed by atoms with Crippen molar-refractivity contribution >= 4 is 33.3 Å². The van der Waals surface area contributed by atoms with Gasteiger partial charge in [-0.3, -0.25) is 14.8 Å². The average Bonchev–Trinajstić information content (AvgIpc) is 3.21. The molecule has 2 aromatic carbocycles. The molecule has 1 fully saturated rings. The number of benzene rings is 2. The summed E-state index contributed by atoms with van der Waals surface area (Å²) in [5, 5.41) is 20.3. The smallest absolute Gasteiger partial charge is 0.304 e. The summed E-state index contributed by atoms with van der Waals surface area (Å²) in [6.07, 6.45) is 0.429. The second kappa shape index (κ2) is 9.86. The van der Waals surface area contributed by atoms with Crippen LogP contribution in [-0.4, -0.2) is 47.9 Å². The molecule has 0 heterocycles. The van der Waals surface area contributed by atoms with Crippen LogP contribution < -0.4 is 15.5 Å². The van der Waals surface area contributed by atoms with Gasteiger partial charge in [0.25, 0.3) is 5.91 Å². The molecule has 1 amide bonds. The van der Waals surface area contributed by atoms with Gasteiger partial charge in [0.15, 0.2) is 9.84 Å². The lowest BCUT2D eigenvalue weighted by molar-refractivity contribution is -0.139. The Morgan fingerprint density at radius 3 is 2.25 bits per heavy atom. The number of aliphatic carboxylic acids is 1. The van der Waals surface area contributed by atoms with Crippen molar-refractivity contribution in [2.45, 2.75) is 41.4 Å². The first-order valence-electron chi connectivity index (χ1n) is 9.88. The monoisotopic (exact) mass is 482 g/mol. The Balaban J connectivity index is 1.84. The van der Waals surface area contributed by atoms with E-state index in [0.29, 0.717) is 22.9 Å². The molecule has 0 bridgehead atoms. The number of amides is 1. The number of carboxylic acid groups (broad SMARTS) is 1. The van der Waals surface area contributed by atoms with Crippen molar-refractivity contribution in [2.24, 2.45) is 0 Å². The van der Waals surface area contributed by atoms with Crippen LogP contribution in [0.3, 0.4) is 0 Å². The Bertz CT molecular complexity index is 1070. The van der Waals surface area contributed by atoms with Gasteiger partial charge in [0.2, 0.25) is 0 Å². The number of rotatable bonds is 9. The van der Waals surface area contributed by atoms with E-state index in [4.69, 9.17) is 21.4 Å². The van der Waals surface area contributed by atoms with Crippen molar-refractivity contribution in [3.8, 4) is 11.5 Å². The van der Waals surface area contributed by atoms with Crippen LogP contribution in [0.15, 0.2) is 53.4 Å². The first-order chi connectivity index (χ1) is 15.2. The van der Waals surface area contributed by atoms with E-state index in [1.807, 2.05) is 0 Å². The summed E-state index contributed by atoms with van der Waals surface area (Å²) < 4.78 is 32.5. The van der Waals surface area contributed by atoms with Crippen LogP contribution in [-0.2, 0) is 19.4 Å². The molecule has 9 nitrogen and oxygen atoms in total. The van der Waals surface area contributed by atoms with E-state index in [1.165, 1.54) is 29.7 Å². The van der Waals surface area contributed by atoms with Gasteiger partial charge >= 0.3 is 5.97 Å². The first kappa shape index (κ1) is 24.0. The maximum Gasteiger partial charge on any atom is 0.304 e. The van der Waals surface area contributed by atoms with Gasteiger partial charge in [0.05, 0.1) is 16.6 Å². The summed E-state index contributed by atoms with van der Waals surface area (Å²) in [6, 6.07) is 12.5. The van der Waals surface area contributed by atoms with Gasteiger partial charge in [-0.25, -0.2) is 13.9 Å². The molecule has 2 atom stereocenters. The Hall–Kier alpha value is -2.66. The number of hydrogen-bond donors (Lipinski definition) is 4. The van der Waals surface area contributed by atoms with Gasteiger partial charge in [-0.2, -0.15) is 0 Å². The first-order valence-corrected chi connectivity index (χ1v) is 11.8. The lowest BCUT2D eigenvalue weighted by Gasteiger charge is -2.34. The van der Waals surface area contributed by atoms with Crippen molar-refractivity contribution in [1.29, 1.82) is 0 Å². The SMILES string of the molecule is O=C(O)CCNC1(C(=O)NO)CCCC1S(=O)(=O)c1ccc(Oc2ccc(Cl)cc2)cc1. The minimum absolute atomic E-state index is 0.0111. The Kier molecular flexibility index (Phi) is 7.40. The number of nitrogens with one attached hydrogen (secondary N) is 2. The number of carboxylic acids is 1. The summed E-state index contributed by atoms with van der Waals surface area (Å²) in [5.41, 5.74) is -0.100. The molecule has 11 heteroatoms. The molecule has 0 radical (unpaired) electrons. The third-order valence-electron chi connectivity index (χ3n) is 5.45. The highest BCUT2D eigenvalue weighted by Crippen LogP contribution is 2.39. The van der Waals surface area contributed by atoms with Crippen LogP contribution in [0.2, 0.25) is 5.02 Å². The van der Waals surface area contributed by atoms with Crippen molar-refractivity contribution < 1.29 is 33.1 Å². The summed E-state index contributed by atoms with van der Waals surface area (Å²) in [4.78, 5) is 23.4. The molecule has 0 spiro atoms. The second-order valence-corrected chi connectivity index (χ2v) is 10.0. The molecule has 0 aliphatic heterocycles. The summed E-state index contributed by atoms with van der Waals surface area (Å²) in [6.45, 7) is -0.122. The Morgan fingerprint density at radius 1 is 1.09 bits per heavy atom. The van der Waals surface area contributed by atoms with Crippen molar-refractivity contribution in [1.82, 2.24) is 10.8 Å². The zero-order chi connectivity index (χ0) is 23.4. The lowest BCUT2D eigenvalue weighted by Crippen LogP contribution is -2.63. The topological polar surface area (TPSA) is 142 Å². The Labute approximate surface area is 190 Å². The maximum atomic E-state index is 13.4. The quantitative estimate of drug-likeness (QED) is 0.315. The molecule has 32 heavy (non-hydrogen) atoms. The molecule has 172 valence electrons. The molecular weight excluding hydrogens is 460 g/mol. The zero-order valence-corrected chi connectivity index (χ0v) is 18.5. The highest BCUT2D eigenvalue weighted by atomic mass is 35.5. The number of hydroxylamine groups is 1. The van der Waals surface area contributed by atoms with E-state index in [2.05, 4.69) is 5.32 Å². The summed E-state index contributed by atoms with van der Waals surface area (Å²) >= 11 is 5.85. The molecule has 2 aromatic rings. The average molecular weight is 483 g/mol. The van der Waals surface area contributed by atoms with Gasteiger partial charge < -0.3 is 15.2 Å². The number of halogens is 1. The number of carbonyl (C=O) groups excluding carboxylic acids is 1. The highest BCUT2D eigenvalue weighted by Gasteiger charge is 2.54. The van der Waals surface area contributed by atoms with E-state index >= 15 is 0 Å². The molecule has 2 unspecified atom stereocenters. The van der Waals surface area contributed by atoms with Gasteiger partial charge in [-0.05, 0) is 67.8 Å². The van der Waals surface area contributed by atoms with Crippen LogP contribution in [0.1, 0.15) is 25.7 Å². The molecule has 3 rings (SSSR count). The standard InChI is InChI=1S/C21H23ClN2O7S/c22-14-3-5-15(6-4-14)31-16-7-9-17(10-8-16)32(29,30)18-2-1-12-21(18,20(27)24-28)23-13-11-19(25)26/h3-10,18,23,28H,1-2,11-13H2,(H,24,27)(H,25,26). The molecule has 1 saturated carbocycles. The third kappa shape index (κ3) is 5.04. The van der Waals surface area contributed by atoms with Crippen LogP contribution in [0.5, 0.6) is 11.5 Å². The van der Waals surface area contributed by atoms with Gasteiger partial charge in [-0.15, -0.1) is 0 Å². The third-order valence-corrected chi connectivity index (χ3v) is 8.02. The van der Waals surface area contributed by atoms with Gasteiger partial charge in [-0.1, -0.05) is 11.6 Å². The fourth-order valence-electron chi connectivity index (χ4n) is 3.93. The summed E-state index contributed by atoms with van der Waals surface area (Å²) in [5.74, 6) is -1.05. The minimum Gasteiger partial charge on any atom is -0.481 e. The molecule has 1 aliphatic carbocycles. The van der Waals surface area contributed by atoms with Crippen molar-refractivity contribution in [2.75, 3.05) is 6.54 Å². The number of ether oxygens (including phenoxy) is 1. The number of carbonyl (C=O) groups is 2. The highest BCUT2D eigenvalue weighted by molar-refractivity contribution is 7.92. The van der Waals surface area contributed by atoms with E-state index in [1.54, 1.807) is 24.3 Å².